The Morgan fingerprint density at radius 1 is 1.35 bits per heavy atom. The van der Waals surface area contributed by atoms with Crippen molar-refractivity contribution in [1.29, 1.82) is 0 Å². The fraction of sp³-hybridized carbons (Fsp3) is 0.538. The molecule has 1 aromatic rings. The molecule has 17 heavy (non-hydrogen) atoms. The van der Waals surface area contributed by atoms with Crippen LogP contribution in [-0.4, -0.2) is 35.3 Å². The lowest BCUT2D eigenvalue weighted by Crippen LogP contribution is -2.25. The second-order valence-electron chi connectivity index (χ2n) is 4.59. The summed E-state index contributed by atoms with van der Waals surface area (Å²) in [7, 11) is 0. The standard InChI is InChI=1S/C13H19NO3/c1-8-3-4-10(5-9(8)2)14-13-6-11(16)12(7-15)17-13/h3-5,11-16H,6-7H2,1-2H3/t11-,12-,13-/m0/s1. The molecule has 1 fully saturated rings. The Bertz CT molecular complexity index is 394. The van der Waals surface area contributed by atoms with Crippen molar-refractivity contribution < 1.29 is 14.9 Å². The van der Waals surface area contributed by atoms with Crippen molar-refractivity contribution in [3.8, 4) is 0 Å². The molecular formula is C13H19NO3. The van der Waals surface area contributed by atoms with Crippen LogP contribution in [0.25, 0.3) is 0 Å². The van der Waals surface area contributed by atoms with Gasteiger partial charge in [-0.3, -0.25) is 0 Å². The largest absolute Gasteiger partial charge is 0.394 e. The van der Waals surface area contributed by atoms with E-state index in [1.165, 1.54) is 11.1 Å². The zero-order valence-electron chi connectivity index (χ0n) is 10.2. The molecule has 1 aliphatic rings. The van der Waals surface area contributed by atoms with Crippen LogP contribution in [0.5, 0.6) is 0 Å². The quantitative estimate of drug-likeness (QED) is 0.739. The zero-order chi connectivity index (χ0) is 12.4. The van der Waals surface area contributed by atoms with E-state index in [2.05, 4.69) is 25.2 Å². The van der Waals surface area contributed by atoms with Crippen LogP contribution in [0.1, 0.15) is 17.5 Å². The van der Waals surface area contributed by atoms with Crippen LogP contribution in [0.4, 0.5) is 5.69 Å². The van der Waals surface area contributed by atoms with Crippen LogP contribution in [0.2, 0.25) is 0 Å². The molecule has 0 unspecified atom stereocenters. The Morgan fingerprint density at radius 2 is 2.12 bits per heavy atom. The molecule has 4 heteroatoms. The first-order valence-electron chi connectivity index (χ1n) is 5.88. The van der Waals surface area contributed by atoms with Gasteiger partial charge in [-0.25, -0.2) is 0 Å². The number of hydrogen-bond donors (Lipinski definition) is 3. The van der Waals surface area contributed by atoms with Crippen molar-refractivity contribution in [2.75, 3.05) is 11.9 Å². The van der Waals surface area contributed by atoms with Crippen molar-refractivity contribution in [3.63, 3.8) is 0 Å². The lowest BCUT2D eigenvalue weighted by molar-refractivity contribution is -0.0149. The average Bonchev–Trinajstić information content (AvgIpc) is 2.64. The van der Waals surface area contributed by atoms with Gasteiger partial charge in [0, 0.05) is 12.1 Å². The first-order valence-corrected chi connectivity index (χ1v) is 5.88. The van der Waals surface area contributed by atoms with Crippen molar-refractivity contribution in [3.05, 3.63) is 29.3 Å². The third kappa shape index (κ3) is 2.77. The number of nitrogens with one attached hydrogen (secondary N) is 1. The van der Waals surface area contributed by atoms with Crippen LogP contribution in [0.15, 0.2) is 18.2 Å². The first kappa shape index (κ1) is 12.4. The molecule has 3 atom stereocenters. The Balaban J connectivity index is 2.00. The highest BCUT2D eigenvalue weighted by molar-refractivity contribution is 5.48. The normalized spacial score (nSPS) is 28.4. The number of ether oxygens (including phenoxy) is 1. The summed E-state index contributed by atoms with van der Waals surface area (Å²) in [4.78, 5) is 0. The van der Waals surface area contributed by atoms with E-state index in [9.17, 15) is 5.11 Å². The molecule has 1 aliphatic heterocycles. The highest BCUT2D eigenvalue weighted by Crippen LogP contribution is 2.23. The Labute approximate surface area is 101 Å². The first-order chi connectivity index (χ1) is 8.10. The molecule has 1 aromatic carbocycles. The monoisotopic (exact) mass is 237 g/mol. The summed E-state index contributed by atoms with van der Waals surface area (Å²) in [6, 6.07) is 6.09. The smallest absolute Gasteiger partial charge is 0.130 e. The van der Waals surface area contributed by atoms with Gasteiger partial charge in [0.1, 0.15) is 12.3 Å². The van der Waals surface area contributed by atoms with Gasteiger partial charge in [0.05, 0.1) is 12.7 Å². The van der Waals surface area contributed by atoms with E-state index in [1.54, 1.807) is 0 Å². The van der Waals surface area contributed by atoms with Crippen LogP contribution in [-0.2, 0) is 4.74 Å². The molecule has 0 spiro atoms. The summed E-state index contributed by atoms with van der Waals surface area (Å²) in [5.41, 5.74) is 3.44. The van der Waals surface area contributed by atoms with Crippen LogP contribution < -0.4 is 5.32 Å². The van der Waals surface area contributed by atoms with E-state index in [0.29, 0.717) is 6.42 Å². The van der Waals surface area contributed by atoms with Crippen LogP contribution >= 0.6 is 0 Å². The Morgan fingerprint density at radius 3 is 2.71 bits per heavy atom. The number of benzene rings is 1. The maximum absolute atomic E-state index is 9.61. The molecule has 3 N–H and O–H groups in total. The second kappa shape index (κ2) is 5.04. The average molecular weight is 237 g/mol. The number of anilines is 1. The lowest BCUT2D eigenvalue weighted by Gasteiger charge is -2.15. The van der Waals surface area contributed by atoms with Crippen molar-refractivity contribution >= 4 is 5.69 Å². The predicted octanol–water partition coefficient (Wildman–Crippen LogP) is 1.18. The minimum atomic E-state index is -0.593. The number of rotatable bonds is 3. The van der Waals surface area contributed by atoms with Crippen LogP contribution in [0.3, 0.4) is 0 Å². The molecule has 0 radical (unpaired) electrons. The predicted molar refractivity (Wildman–Crippen MR) is 65.9 cm³/mol. The van der Waals surface area contributed by atoms with E-state index in [-0.39, 0.29) is 12.8 Å². The SMILES string of the molecule is Cc1ccc(N[C@@H]2C[C@H](O)[C@H](CO)O2)cc1C. The number of aliphatic hydroxyl groups is 2. The molecule has 0 amide bonds. The number of aryl methyl sites for hydroxylation is 2. The van der Waals surface area contributed by atoms with E-state index in [4.69, 9.17) is 9.84 Å². The molecule has 0 aliphatic carbocycles. The minimum Gasteiger partial charge on any atom is -0.394 e. The highest BCUT2D eigenvalue weighted by Gasteiger charge is 2.33. The van der Waals surface area contributed by atoms with E-state index < -0.39 is 12.2 Å². The summed E-state index contributed by atoms with van der Waals surface area (Å²) in [6.45, 7) is 3.98. The molecule has 1 saturated heterocycles. The summed E-state index contributed by atoms with van der Waals surface area (Å²) < 4.78 is 5.49. The fourth-order valence-corrected chi connectivity index (χ4v) is 2.00. The summed E-state index contributed by atoms with van der Waals surface area (Å²) >= 11 is 0. The van der Waals surface area contributed by atoms with Gasteiger partial charge in [-0.05, 0) is 37.1 Å². The van der Waals surface area contributed by atoms with E-state index in [1.807, 2.05) is 12.1 Å². The maximum Gasteiger partial charge on any atom is 0.130 e. The Kier molecular flexibility index (Phi) is 3.66. The molecule has 0 bridgehead atoms. The van der Waals surface area contributed by atoms with Gasteiger partial charge < -0.3 is 20.3 Å². The van der Waals surface area contributed by atoms with Gasteiger partial charge in [-0.15, -0.1) is 0 Å². The molecule has 4 nitrogen and oxygen atoms in total. The van der Waals surface area contributed by atoms with Gasteiger partial charge in [0.15, 0.2) is 0 Å². The maximum atomic E-state index is 9.61. The third-order valence-electron chi connectivity index (χ3n) is 3.24. The van der Waals surface area contributed by atoms with Gasteiger partial charge in [-0.2, -0.15) is 0 Å². The molecule has 0 saturated carbocycles. The molecule has 1 heterocycles. The zero-order valence-corrected chi connectivity index (χ0v) is 10.2. The van der Waals surface area contributed by atoms with Gasteiger partial charge in [-0.1, -0.05) is 6.07 Å². The third-order valence-corrected chi connectivity index (χ3v) is 3.24. The lowest BCUT2D eigenvalue weighted by atomic mass is 10.1. The van der Waals surface area contributed by atoms with E-state index in [0.717, 1.165) is 5.69 Å². The van der Waals surface area contributed by atoms with Crippen molar-refractivity contribution in [1.82, 2.24) is 0 Å². The summed E-state index contributed by atoms with van der Waals surface area (Å²) in [5.74, 6) is 0. The molecule has 94 valence electrons. The minimum absolute atomic E-state index is 0.147. The van der Waals surface area contributed by atoms with Gasteiger partial charge >= 0.3 is 0 Å². The summed E-state index contributed by atoms with van der Waals surface area (Å²) in [6.07, 6.45) is -0.801. The summed E-state index contributed by atoms with van der Waals surface area (Å²) in [5, 5.41) is 21.8. The topological polar surface area (TPSA) is 61.7 Å². The van der Waals surface area contributed by atoms with Gasteiger partial charge in [0.2, 0.25) is 0 Å². The highest BCUT2D eigenvalue weighted by atomic mass is 16.5. The molecular weight excluding hydrogens is 218 g/mol. The van der Waals surface area contributed by atoms with Gasteiger partial charge in [0.25, 0.3) is 0 Å². The number of hydrogen-bond acceptors (Lipinski definition) is 4. The van der Waals surface area contributed by atoms with Crippen molar-refractivity contribution in [2.45, 2.75) is 38.7 Å². The second-order valence-corrected chi connectivity index (χ2v) is 4.59. The molecule has 0 aromatic heterocycles. The van der Waals surface area contributed by atoms with Crippen molar-refractivity contribution in [2.24, 2.45) is 0 Å². The number of aliphatic hydroxyl groups excluding tert-OH is 2. The van der Waals surface area contributed by atoms with E-state index >= 15 is 0 Å². The van der Waals surface area contributed by atoms with Crippen LogP contribution in [0, 0.1) is 13.8 Å². The fourth-order valence-electron chi connectivity index (χ4n) is 2.00. The Hall–Kier alpha value is -1.10. The molecule has 2 rings (SSSR count).